The maximum absolute atomic E-state index is 12.9. The minimum Gasteiger partial charge on any atom is -0.462 e. The van der Waals surface area contributed by atoms with Crippen LogP contribution in [0.3, 0.4) is 0 Å². The molecule has 6 heteroatoms. The van der Waals surface area contributed by atoms with E-state index < -0.39 is 12.1 Å². The predicted molar refractivity (Wildman–Crippen MR) is 325 cm³/mol. The van der Waals surface area contributed by atoms with Crippen LogP contribution in [-0.4, -0.2) is 37.2 Å². The summed E-state index contributed by atoms with van der Waals surface area (Å²) in [7, 11) is 0. The molecule has 0 aromatic rings. The van der Waals surface area contributed by atoms with Crippen LogP contribution in [0.1, 0.15) is 316 Å². The summed E-state index contributed by atoms with van der Waals surface area (Å²) >= 11 is 0. The molecule has 0 bridgehead atoms. The van der Waals surface area contributed by atoms with Gasteiger partial charge >= 0.3 is 17.9 Å². The smallest absolute Gasteiger partial charge is 0.309 e. The van der Waals surface area contributed by atoms with Crippen LogP contribution in [0.4, 0.5) is 0 Å². The fraction of sp³-hybridized carbons (Fsp3) is 0.754. The summed E-state index contributed by atoms with van der Waals surface area (Å²) in [5.41, 5.74) is 0. The molecule has 75 heavy (non-hydrogen) atoms. The monoisotopic (exact) mass is 1040 g/mol. The summed E-state index contributed by atoms with van der Waals surface area (Å²) < 4.78 is 16.8. The van der Waals surface area contributed by atoms with Crippen molar-refractivity contribution in [3.63, 3.8) is 0 Å². The number of allylic oxidation sites excluding steroid dienone is 13. The first-order valence-corrected chi connectivity index (χ1v) is 32.1. The lowest BCUT2D eigenvalue weighted by atomic mass is 10.1. The van der Waals surface area contributed by atoms with Gasteiger partial charge in [0.1, 0.15) is 13.2 Å². The van der Waals surface area contributed by atoms with Crippen molar-refractivity contribution in [2.75, 3.05) is 13.2 Å². The number of carbonyl (C=O) groups is 3. The van der Waals surface area contributed by atoms with E-state index in [-0.39, 0.29) is 31.6 Å². The standard InChI is InChI=1S/C69H120O6/c1-4-7-10-13-16-19-22-25-28-30-32-34-36-38-41-44-47-50-53-56-59-62-68(71)74-65-66(64-73-67(70)61-58-55-52-49-46-43-40-27-24-21-18-15-12-9-6-3)75-69(72)63-60-57-54-51-48-45-42-39-37-35-33-31-29-26-23-20-17-14-11-8-5-2/h9,12,18,21,27,30-33,40,46,49,55,58,66H,4-8,10-11,13-17,19-20,22-26,28-29,34-39,41-45,47-48,50-54,56-57,59-65H2,1-3H3/b12-9-,21-18-,32-30-,33-31-,40-27-,49-46-,58-55-. The van der Waals surface area contributed by atoms with Gasteiger partial charge in [-0.05, 0) is 96.3 Å². The van der Waals surface area contributed by atoms with Crippen molar-refractivity contribution >= 4 is 17.9 Å². The molecule has 0 rings (SSSR count). The molecular formula is C69H120O6. The van der Waals surface area contributed by atoms with Crippen LogP contribution in [0.2, 0.25) is 0 Å². The van der Waals surface area contributed by atoms with Gasteiger partial charge in [-0.3, -0.25) is 14.4 Å². The minimum atomic E-state index is -0.820. The summed E-state index contributed by atoms with van der Waals surface area (Å²) in [6.45, 7) is 6.47. The van der Waals surface area contributed by atoms with E-state index in [4.69, 9.17) is 14.2 Å². The summed E-state index contributed by atoms with van der Waals surface area (Å²) in [5, 5.41) is 0. The Labute approximate surface area is 465 Å². The summed E-state index contributed by atoms with van der Waals surface area (Å²) in [5.74, 6) is -1.03. The van der Waals surface area contributed by atoms with E-state index in [9.17, 15) is 14.4 Å². The van der Waals surface area contributed by atoms with Gasteiger partial charge in [0, 0.05) is 12.8 Å². The molecule has 0 radical (unpaired) electrons. The molecule has 0 fully saturated rings. The first-order valence-electron chi connectivity index (χ1n) is 32.1. The highest BCUT2D eigenvalue weighted by atomic mass is 16.6. The van der Waals surface area contributed by atoms with Crippen molar-refractivity contribution < 1.29 is 28.6 Å². The minimum absolute atomic E-state index is 0.107. The van der Waals surface area contributed by atoms with E-state index in [0.29, 0.717) is 12.8 Å². The van der Waals surface area contributed by atoms with E-state index in [1.807, 2.05) is 6.08 Å². The van der Waals surface area contributed by atoms with Crippen LogP contribution < -0.4 is 0 Å². The van der Waals surface area contributed by atoms with Crippen molar-refractivity contribution in [1.29, 1.82) is 0 Å². The molecule has 0 saturated carbocycles. The van der Waals surface area contributed by atoms with Crippen LogP contribution in [-0.2, 0) is 28.6 Å². The Hall–Kier alpha value is -3.41. The molecule has 1 atom stereocenters. The highest BCUT2D eigenvalue weighted by Gasteiger charge is 2.19. The van der Waals surface area contributed by atoms with E-state index in [1.165, 1.54) is 205 Å². The van der Waals surface area contributed by atoms with Crippen LogP contribution in [0.5, 0.6) is 0 Å². The second kappa shape index (κ2) is 63.1. The topological polar surface area (TPSA) is 78.9 Å². The normalized spacial score (nSPS) is 12.6. The lowest BCUT2D eigenvalue weighted by Crippen LogP contribution is -2.30. The predicted octanol–water partition coefficient (Wildman–Crippen LogP) is 21.9. The van der Waals surface area contributed by atoms with Crippen LogP contribution in [0, 0.1) is 0 Å². The number of rotatable bonds is 58. The number of hydrogen-bond donors (Lipinski definition) is 0. The molecule has 0 heterocycles. The van der Waals surface area contributed by atoms with E-state index >= 15 is 0 Å². The SMILES string of the molecule is CC/C=C\C/C=C\C/C=C\C/C=C\C/C=C\CC(=O)OCC(COC(=O)CCCCCCCCCCC/C=C\CCCCCCCCCC)OC(=O)CCCCCCCCCCC/C=C\CCCCCCCCCC. The Morgan fingerprint density at radius 2 is 0.573 bits per heavy atom. The molecule has 0 aliphatic heterocycles. The highest BCUT2D eigenvalue weighted by Crippen LogP contribution is 2.16. The lowest BCUT2D eigenvalue weighted by Gasteiger charge is -2.18. The Morgan fingerprint density at radius 1 is 0.293 bits per heavy atom. The third-order valence-electron chi connectivity index (χ3n) is 13.9. The van der Waals surface area contributed by atoms with Crippen molar-refractivity contribution in [2.45, 2.75) is 322 Å². The molecule has 0 N–H and O–H groups in total. The van der Waals surface area contributed by atoms with Crippen molar-refractivity contribution in [1.82, 2.24) is 0 Å². The van der Waals surface area contributed by atoms with Gasteiger partial charge in [0.25, 0.3) is 0 Å². The average Bonchev–Trinajstić information content (AvgIpc) is 3.41. The van der Waals surface area contributed by atoms with Gasteiger partial charge in [-0.1, -0.05) is 286 Å². The summed E-state index contributed by atoms with van der Waals surface area (Å²) in [4.78, 5) is 38.2. The zero-order chi connectivity index (χ0) is 54.3. The van der Waals surface area contributed by atoms with Crippen LogP contribution in [0.25, 0.3) is 0 Å². The molecule has 6 nitrogen and oxygen atoms in total. The lowest BCUT2D eigenvalue weighted by molar-refractivity contribution is -0.166. The molecule has 0 spiro atoms. The van der Waals surface area contributed by atoms with Gasteiger partial charge in [-0.15, -0.1) is 0 Å². The largest absolute Gasteiger partial charge is 0.462 e. The third kappa shape index (κ3) is 61.3. The van der Waals surface area contributed by atoms with E-state index in [2.05, 4.69) is 93.7 Å². The fourth-order valence-electron chi connectivity index (χ4n) is 9.10. The molecule has 0 aromatic carbocycles. The molecule has 432 valence electrons. The Kier molecular flexibility index (Phi) is 60.3. The Bertz CT molecular complexity index is 1430. The number of carbonyl (C=O) groups excluding carboxylic acids is 3. The van der Waals surface area contributed by atoms with Gasteiger partial charge in [-0.2, -0.15) is 0 Å². The Balaban J connectivity index is 4.42. The van der Waals surface area contributed by atoms with Gasteiger partial charge < -0.3 is 14.2 Å². The summed E-state index contributed by atoms with van der Waals surface area (Å²) in [6.07, 6.45) is 83.3. The molecule has 1 unspecified atom stereocenters. The Morgan fingerprint density at radius 3 is 0.920 bits per heavy atom. The molecular weight excluding hydrogens is 925 g/mol. The number of unbranched alkanes of at least 4 members (excludes halogenated alkanes) is 34. The molecule has 0 aliphatic carbocycles. The van der Waals surface area contributed by atoms with Crippen LogP contribution >= 0.6 is 0 Å². The van der Waals surface area contributed by atoms with Crippen molar-refractivity contribution in [3.05, 3.63) is 85.1 Å². The second-order valence-corrected chi connectivity index (χ2v) is 21.3. The third-order valence-corrected chi connectivity index (χ3v) is 13.9. The number of esters is 3. The first-order chi connectivity index (χ1) is 37.0. The van der Waals surface area contributed by atoms with Gasteiger partial charge in [0.15, 0.2) is 6.10 Å². The fourth-order valence-corrected chi connectivity index (χ4v) is 9.10. The quantitative estimate of drug-likeness (QED) is 0.0261. The molecule has 0 saturated heterocycles. The van der Waals surface area contributed by atoms with E-state index in [1.54, 1.807) is 6.08 Å². The average molecular weight is 1050 g/mol. The first kappa shape index (κ1) is 71.6. The molecule has 0 aromatic heterocycles. The zero-order valence-electron chi connectivity index (χ0n) is 49.6. The van der Waals surface area contributed by atoms with Gasteiger partial charge in [0.05, 0.1) is 6.42 Å². The summed E-state index contributed by atoms with van der Waals surface area (Å²) in [6, 6.07) is 0. The maximum atomic E-state index is 12.9. The zero-order valence-corrected chi connectivity index (χ0v) is 49.6. The maximum Gasteiger partial charge on any atom is 0.309 e. The van der Waals surface area contributed by atoms with Crippen LogP contribution in [0.15, 0.2) is 85.1 Å². The second-order valence-electron chi connectivity index (χ2n) is 21.3. The van der Waals surface area contributed by atoms with Crippen molar-refractivity contribution in [2.24, 2.45) is 0 Å². The molecule has 0 amide bonds. The van der Waals surface area contributed by atoms with Gasteiger partial charge in [0.2, 0.25) is 0 Å². The highest BCUT2D eigenvalue weighted by molar-refractivity contribution is 5.72. The van der Waals surface area contributed by atoms with Crippen molar-refractivity contribution in [3.8, 4) is 0 Å². The number of hydrogen-bond acceptors (Lipinski definition) is 6. The number of ether oxygens (including phenoxy) is 3. The van der Waals surface area contributed by atoms with Gasteiger partial charge in [-0.25, -0.2) is 0 Å². The van der Waals surface area contributed by atoms with E-state index in [0.717, 1.165) is 70.6 Å². The molecule has 0 aliphatic rings.